The number of rotatable bonds is 6. The van der Waals surface area contributed by atoms with Gasteiger partial charge in [0.05, 0.1) is 11.7 Å². The molecular weight excluding hydrogens is 424 g/mol. The molecule has 1 aliphatic carbocycles. The maximum absolute atomic E-state index is 12.9. The number of H-pyrrole nitrogens is 1. The number of hydrogen-bond donors (Lipinski definition) is 3. The maximum atomic E-state index is 12.9. The maximum Gasteiger partial charge on any atom is 0.417 e. The van der Waals surface area contributed by atoms with Crippen LogP contribution in [0.4, 0.5) is 0 Å². The molecule has 0 atom stereocenters. The molecule has 33 heavy (non-hydrogen) atoms. The van der Waals surface area contributed by atoms with Crippen molar-refractivity contribution in [3.05, 3.63) is 64.0 Å². The van der Waals surface area contributed by atoms with E-state index in [9.17, 15) is 14.4 Å². The van der Waals surface area contributed by atoms with Crippen molar-refractivity contribution in [1.82, 2.24) is 30.2 Å². The van der Waals surface area contributed by atoms with Crippen molar-refractivity contribution in [2.75, 3.05) is 6.54 Å². The smallest absolute Gasteiger partial charge is 0.408 e. The van der Waals surface area contributed by atoms with Gasteiger partial charge in [0.15, 0.2) is 11.2 Å². The molecule has 3 N–H and O–H groups in total. The summed E-state index contributed by atoms with van der Waals surface area (Å²) >= 11 is 0. The average molecular weight is 448 g/mol. The van der Waals surface area contributed by atoms with Gasteiger partial charge in [0, 0.05) is 25.2 Å². The Morgan fingerprint density at radius 2 is 1.94 bits per heavy atom. The molecule has 0 bridgehead atoms. The fourth-order valence-corrected chi connectivity index (χ4v) is 4.29. The summed E-state index contributed by atoms with van der Waals surface area (Å²) in [5.41, 5.74) is 2.60. The van der Waals surface area contributed by atoms with E-state index >= 15 is 0 Å². The fraction of sp³-hybridized carbons (Fsp3) is 0.348. The van der Waals surface area contributed by atoms with E-state index in [2.05, 4.69) is 25.7 Å². The van der Waals surface area contributed by atoms with Crippen molar-refractivity contribution in [2.24, 2.45) is 5.92 Å². The van der Waals surface area contributed by atoms with Gasteiger partial charge in [0.25, 0.3) is 11.8 Å². The van der Waals surface area contributed by atoms with Crippen molar-refractivity contribution in [3.8, 4) is 0 Å². The molecule has 0 unspecified atom stereocenters. The SMILES string of the molecule is O=C(NCc1ccc2oc(=O)[nH]c2c1)c1cc(C(=O)NCC2CCCCC2)n2nccc2n1. The first kappa shape index (κ1) is 20.9. The number of carbonyl (C=O) groups excluding carboxylic acids is 2. The van der Waals surface area contributed by atoms with E-state index in [0.29, 0.717) is 29.2 Å². The summed E-state index contributed by atoms with van der Waals surface area (Å²) in [6, 6.07) is 8.27. The Morgan fingerprint density at radius 3 is 2.79 bits per heavy atom. The van der Waals surface area contributed by atoms with Gasteiger partial charge >= 0.3 is 5.76 Å². The number of amides is 2. The first-order chi connectivity index (χ1) is 16.1. The molecule has 0 saturated heterocycles. The molecule has 3 heterocycles. The van der Waals surface area contributed by atoms with Gasteiger partial charge in [-0.25, -0.2) is 14.3 Å². The fourth-order valence-electron chi connectivity index (χ4n) is 4.29. The third-order valence-corrected chi connectivity index (χ3v) is 6.04. The minimum atomic E-state index is -0.529. The Bertz CT molecular complexity index is 1380. The predicted molar refractivity (Wildman–Crippen MR) is 120 cm³/mol. The van der Waals surface area contributed by atoms with Crippen LogP contribution in [0.2, 0.25) is 0 Å². The number of aromatic nitrogens is 4. The van der Waals surface area contributed by atoms with Crippen molar-refractivity contribution in [2.45, 2.75) is 38.6 Å². The lowest BCUT2D eigenvalue weighted by Crippen LogP contribution is -2.32. The number of oxazole rings is 1. The number of nitrogens with one attached hydrogen (secondary N) is 3. The molecule has 0 radical (unpaired) electrons. The zero-order chi connectivity index (χ0) is 22.8. The van der Waals surface area contributed by atoms with Crippen LogP contribution >= 0.6 is 0 Å². The molecule has 0 aliphatic heterocycles. The summed E-state index contributed by atoms with van der Waals surface area (Å²) < 4.78 is 6.43. The van der Waals surface area contributed by atoms with Gasteiger partial charge in [0.2, 0.25) is 0 Å². The van der Waals surface area contributed by atoms with Crippen LogP contribution in [0.25, 0.3) is 16.7 Å². The Labute approximate surface area is 188 Å². The van der Waals surface area contributed by atoms with Crippen molar-refractivity contribution < 1.29 is 14.0 Å². The number of benzene rings is 1. The summed E-state index contributed by atoms with van der Waals surface area (Å²) in [5, 5.41) is 9.99. The Kier molecular flexibility index (Phi) is 5.64. The van der Waals surface area contributed by atoms with E-state index in [1.165, 1.54) is 29.8 Å². The van der Waals surface area contributed by atoms with Gasteiger partial charge in [0.1, 0.15) is 11.4 Å². The predicted octanol–water partition coefficient (Wildman–Crippen LogP) is 2.40. The second-order valence-corrected chi connectivity index (χ2v) is 8.37. The van der Waals surface area contributed by atoms with Crippen LogP contribution in [0.5, 0.6) is 0 Å². The number of aromatic amines is 1. The molecular formula is C23H24N6O4. The molecule has 1 fully saturated rings. The van der Waals surface area contributed by atoms with Crippen LogP contribution in [0.15, 0.2) is 45.7 Å². The molecule has 3 aromatic heterocycles. The Morgan fingerprint density at radius 1 is 1.09 bits per heavy atom. The molecule has 1 saturated carbocycles. The van der Waals surface area contributed by atoms with Crippen LogP contribution < -0.4 is 16.4 Å². The van der Waals surface area contributed by atoms with Crippen molar-refractivity contribution in [1.29, 1.82) is 0 Å². The van der Waals surface area contributed by atoms with E-state index in [-0.39, 0.29) is 23.8 Å². The molecule has 10 nitrogen and oxygen atoms in total. The molecule has 1 aliphatic rings. The largest absolute Gasteiger partial charge is 0.417 e. The van der Waals surface area contributed by atoms with Crippen LogP contribution in [-0.2, 0) is 6.54 Å². The topological polar surface area (TPSA) is 134 Å². The molecule has 5 rings (SSSR count). The van der Waals surface area contributed by atoms with Gasteiger partial charge in [-0.15, -0.1) is 0 Å². The summed E-state index contributed by atoms with van der Waals surface area (Å²) in [6.07, 6.45) is 7.46. The lowest BCUT2D eigenvalue weighted by atomic mass is 9.89. The number of fused-ring (bicyclic) bond motifs is 2. The van der Waals surface area contributed by atoms with Gasteiger partial charge in [-0.05, 0) is 36.5 Å². The lowest BCUT2D eigenvalue weighted by molar-refractivity contribution is 0.0935. The zero-order valence-corrected chi connectivity index (χ0v) is 18.0. The highest BCUT2D eigenvalue weighted by molar-refractivity contribution is 5.98. The number of carbonyl (C=O) groups is 2. The first-order valence-corrected chi connectivity index (χ1v) is 11.1. The Hall–Kier alpha value is -3.95. The van der Waals surface area contributed by atoms with Crippen LogP contribution in [0, 0.1) is 5.92 Å². The minimum Gasteiger partial charge on any atom is -0.408 e. The highest BCUT2D eigenvalue weighted by Gasteiger charge is 2.19. The minimum absolute atomic E-state index is 0.128. The van der Waals surface area contributed by atoms with E-state index < -0.39 is 11.7 Å². The van der Waals surface area contributed by atoms with E-state index in [1.54, 1.807) is 30.5 Å². The van der Waals surface area contributed by atoms with E-state index in [1.807, 2.05) is 0 Å². The van der Waals surface area contributed by atoms with Gasteiger partial charge in [-0.2, -0.15) is 5.10 Å². The third kappa shape index (κ3) is 4.50. The lowest BCUT2D eigenvalue weighted by Gasteiger charge is -2.21. The second-order valence-electron chi connectivity index (χ2n) is 8.37. The molecule has 10 heteroatoms. The molecule has 170 valence electrons. The summed E-state index contributed by atoms with van der Waals surface area (Å²) in [4.78, 5) is 44.0. The van der Waals surface area contributed by atoms with Crippen LogP contribution in [0.3, 0.4) is 0 Å². The quantitative estimate of drug-likeness (QED) is 0.415. The highest BCUT2D eigenvalue weighted by atomic mass is 16.4. The average Bonchev–Trinajstić information content (AvgIpc) is 3.46. The molecule has 2 amide bonds. The second kappa shape index (κ2) is 8.89. The highest BCUT2D eigenvalue weighted by Crippen LogP contribution is 2.23. The van der Waals surface area contributed by atoms with Crippen LogP contribution in [-0.4, -0.2) is 37.9 Å². The first-order valence-electron chi connectivity index (χ1n) is 11.1. The third-order valence-electron chi connectivity index (χ3n) is 6.04. The molecule has 4 aromatic rings. The molecule has 1 aromatic carbocycles. The summed E-state index contributed by atoms with van der Waals surface area (Å²) in [5.74, 6) is -0.734. The number of nitrogens with zero attached hydrogens (tertiary/aromatic N) is 3. The summed E-state index contributed by atoms with van der Waals surface area (Å²) in [6.45, 7) is 0.835. The Balaban J connectivity index is 1.31. The van der Waals surface area contributed by atoms with E-state index in [4.69, 9.17) is 4.42 Å². The normalized spacial score (nSPS) is 14.5. The van der Waals surface area contributed by atoms with Crippen molar-refractivity contribution in [3.63, 3.8) is 0 Å². The van der Waals surface area contributed by atoms with Gasteiger partial charge < -0.3 is 15.1 Å². The van der Waals surface area contributed by atoms with Gasteiger partial charge in [-0.3, -0.25) is 14.6 Å². The van der Waals surface area contributed by atoms with Crippen molar-refractivity contribution >= 4 is 28.6 Å². The zero-order valence-electron chi connectivity index (χ0n) is 18.0. The number of hydrogen-bond acceptors (Lipinski definition) is 6. The monoisotopic (exact) mass is 448 g/mol. The molecule has 0 spiro atoms. The standard InChI is InChI=1S/C23H24N6O4/c30-21(24-13-15-6-7-19-16(10-15)28-23(32)33-19)17-11-18(29-20(27-17)8-9-26-29)22(31)25-12-14-4-2-1-3-5-14/h6-11,14H,1-5,12-13H2,(H,24,30)(H,25,31)(H,28,32). The van der Waals surface area contributed by atoms with Gasteiger partial charge in [-0.1, -0.05) is 25.3 Å². The van der Waals surface area contributed by atoms with E-state index in [0.717, 1.165) is 18.4 Å². The summed E-state index contributed by atoms with van der Waals surface area (Å²) in [7, 11) is 0. The van der Waals surface area contributed by atoms with Crippen LogP contribution in [0.1, 0.15) is 58.6 Å².